The molecule has 0 heterocycles. The van der Waals surface area contributed by atoms with Crippen molar-refractivity contribution >= 4 is 11.9 Å². The van der Waals surface area contributed by atoms with Crippen LogP contribution in [0.3, 0.4) is 0 Å². The van der Waals surface area contributed by atoms with Gasteiger partial charge in [0, 0.05) is 6.07 Å². The Bertz CT molecular complexity index is 725. The van der Waals surface area contributed by atoms with E-state index in [0.717, 1.165) is 5.56 Å². The molecule has 104 valence electrons. The van der Waals surface area contributed by atoms with Crippen molar-refractivity contribution in [1.29, 1.82) is 0 Å². The van der Waals surface area contributed by atoms with E-state index in [1.807, 2.05) is 18.2 Å². The molecule has 3 rings (SSSR count). The Hall–Kier alpha value is -2.81. The number of rotatable bonds is 5. The maximum Gasteiger partial charge on any atom is 0.153 e. The van der Waals surface area contributed by atoms with Gasteiger partial charge in [0.25, 0.3) is 0 Å². The quantitative estimate of drug-likeness (QED) is 0.847. The van der Waals surface area contributed by atoms with Crippen LogP contribution in [0.25, 0.3) is 5.57 Å². The monoisotopic (exact) mass is 278 g/mol. The Morgan fingerprint density at radius 2 is 1.86 bits per heavy atom. The van der Waals surface area contributed by atoms with E-state index in [1.54, 1.807) is 6.07 Å². The number of carbonyl (C=O) groups is 1. The van der Waals surface area contributed by atoms with Crippen LogP contribution in [0, 0.1) is 0 Å². The second kappa shape index (κ2) is 5.67. The van der Waals surface area contributed by atoms with Crippen molar-refractivity contribution in [3.05, 3.63) is 77.4 Å². The summed E-state index contributed by atoms with van der Waals surface area (Å²) in [4.78, 5) is 10.6. The highest BCUT2D eigenvalue weighted by atomic mass is 16.5. The van der Waals surface area contributed by atoms with Crippen LogP contribution in [0.5, 0.6) is 11.5 Å². The van der Waals surface area contributed by atoms with Crippen molar-refractivity contribution in [3.8, 4) is 11.5 Å². The first-order valence-electron chi connectivity index (χ1n) is 6.65. The predicted molar refractivity (Wildman–Crippen MR) is 81.4 cm³/mol. The fourth-order valence-corrected chi connectivity index (χ4v) is 2.06. The van der Waals surface area contributed by atoms with Gasteiger partial charge in [0.2, 0.25) is 0 Å². The fourth-order valence-electron chi connectivity index (χ4n) is 2.06. The molecule has 0 fully saturated rings. The van der Waals surface area contributed by atoms with Crippen molar-refractivity contribution in [1.82, 2.24) is 0 Å². The Morgan fingerprint density at radius 3 is 2.43 bits per heavy atom. The van der Waals surface area contributed by atoms with Crippen LogP contribution < -0.4 is 4.74 Å². The number of allylic oxidation sites excluding steroid dienone is 4. The number of ether oxygens (including phenoxy) is 1. The topological polar surface area (TPSA) is 46.5 Å². The number of aromatic hydroxyl groups is 1. The predicted octanol–water partition coefficient (Wildman–Crippen LogP) is 3.74. The smallest absolute Gasteiger partial charge is 0.153 e. The van der Waals surface area contributed by atoms with Crippen molar-refractivity contribution < 1.29 is 14.6 Å². The average Bonchev–Trinajstić information content (AvgIpc) is 2.45. The number of phenols is 1. The van der Waals surface area contributed by atoms with Crippen LogP contribution in [0.4, 0.5) is 0 Å². The Kier molecular flexibility index (Phi) is 3.56. The minimum atomic E-state index is -0.0680. The molecule has 1 aliphatic carbocycles. The lowest BCUT2D eigenvalue weighted by Gasteiger charge is -2.10. The summed E-state index contributed by atoms with van der Waals surface area (Å²) in [5.74, 6) is 0.466. The van der Waals surface area contributed by atoms with Crippen LogP contribution in [0.1, 0.15) is 21.5 Å². The minimum absolute atomic E-state index is 0.0680. The summed E-state index contributed by atoms with van der Waals surface area (Å²) < 4.78 is 5.61. The molecule has 0 radical (unpaired) electrons. The van der Waals surface area contributed by atoms with E-state index in [9.17, 15) is 9.90 Å². The lowest BCUT2D eigenvalue weighted by atomic mass is 9.98. The summed E-state index contributed by atoms with van der Waals surface area (Å²) >= 11 is 0. The normalized spacial score (nSPS) is 12.5. The molecule has 0 aliphatic heterocycles. The zero-order chi connectivity index (χ0) is 14.7. The average molecular weight is 278 g/mol. The van der Waals surface area contributed by atoms with Crippen molar-refractivity contribution in [2.75, 3.05) is 0 Å². The van der Waals surface area contributed by atoms with E-state index in [0.29, 0.717) is 18.6 Å². The van der Waals surface area contributed by atoms with Crippen LogP contribution >= 0.6 is 0 Å². The first-order valence-corrected chi connectivity index (χ1v) is 6.65. The summed E-state index contributed by atoms with van der Waals surface area (Å²) in [6.07, 6.45) is 6.77. The first kappa shape index (κ1) is 13.2. The minimum Gasteiger partial charge on any atom is -0.507 e. The van der Waals surface area contributed by atoms with Gasteiger partial charge < -0.3 is 9.84 Å². The highest BCUT2D eigenvalue weighted by Gasteiger charge is 2.04. The van der Waals surface area contributed by atoms with Crippen molar-refractivity contribution in [2.24, 2.45) is 0 Å². The van der Waals surface area contributed by atoms with Crippen LogP contribution in [0.15, 0.2) is 60.7 Å². The number of hydrogen-bond donors (Lipinski definition) is 1. The summed E-state index contributed by atoms with van der Waals surface area (Å²) in [6.45, 7) is 0.412. The van der Waals surface area contributed by atoms with Gasteiger partial charge in [-0.3, -0.25) is 4.79 Å². The molecule has 0 amide bonds. The molecule has 3 nitrogen and oxygen atoms in total. The first-order chi connectivity index (χ1) is 10.3. The number of phenolic OH excluding ortho intramolecular Hbond substituents is 1. The van der Waals surface area contributed by atoms with Gasteiger partial charge in [0.05, 0.1) is 5.56 Å². The second-order valence-electron chi connectivity index (χ2n) is 4.81. The number of hydrogen-bond acceptors (Lipinski definition) is 3. The number of carbonyl (C=O) groups excluding carboxylic acids is 1. The molecule has 2 aromatic carbocycles. The van der Waals surface area contributed by atoms with Crippen LogP contribution in [-0.2, 0) is 6.61 Å². The van der Waals surface area contributed by atoms with Gasteiger partial charge in [-0.2, -0.15) is 0 Å². The van der Waals surface area contributed by atoms with Gasteiger partial charge in [-0.05, 0) is 28.8 Å². The van der Waals surface area contributed by atoms with Gasteiger partial charge >= 0.3 is 0 Å². The van der Waals surface area contributed by atoms with Crippen molar-refractivity contribution in [3.63, 3.8) is 0 Å². The molecule has 0 saturated heterocycles. The molecule has 1 N–H and O–H groups in total. The molecule has 0 bridgehead atoms. The molecule has 21 heavy (non-hydrogen) atoms. The molecular weight excluding hydrogens is 264 g/mol. The SMILES string of the molecule is O=Cc1ccc(OCc2ccc(C3=CC=C3)cc2)cc1O. The third kappa shape index (κ3) is 2.87. The third-order valence-corrected chi connectivity index (χ3v) is 3.37. The number of aldehydes is 1. The second-order valence-corrected chi connectivity index (χ2v) is 4.81. The zero-order valence-corrected chi connectivity index (χ0v) is 11.3. The van der Waals surface area contributed by atoms with E-state index < -0.39 is 0 Å². The van der Waals surface area contributed by atoms with E-state index >= 15 is 0 Å². The van der Waals surface area contributed by atoms with Gasteiger partial charge in [-0.15, -0.1) is 0 Å². The third-order valence-electron chi connectivity index (χ3n) is 3.37. The standard InChI is InChI=1S/C18H14O3/c19-11-16-8-9-17(10-18(16)20)21-12-13-4-6-15(7-5-13)14-2-1-3-14/h1-11,20H,12H2. The summed E-state index contributed by atoms with van der Waals surface area (Å²) in [5.41, 5.74) is 3.72. The summed E-state index contributed by atoms with van der Waals surface area (Å²) in [5, 5.41) is 9.60. The maximum atomic E-state index is 10.6. The van der Waals surface area contributed by atoms with E-state index in [-0.39, 0.29) is 11.3 Å². The fraction of sp³-hybridized carbons (Fsp3) is 0.0556. The van der Waals surface area contributed by atoms with Gasteiger partial charge in [-0.1, -0.05) is 42.5 Å². The number of benzene rings is 2. The Morgan fingerprint density at radius 1 is 1.10 bits per heavy atom. The molecule has 1 aliphatic rings. The molecule has 3 heteroatoms. The maximum absolute atomic E-state index is 10.6. The molecule has 0 unspecified atom stereocenters. The zero-order valence-electron chi connectivity index (χ0n) is 11.3. The lowest BCUT2D eigenvalue weighted by Crippen LogP contribution is -1.96. The van der Waals surface area contributed by atoms with Gasteiger partial charge in [0.15, 0.2) is 6.29 Å². The molecular formula is C18H14O3. The largest absolute Gasteiger partial charge is 0.507 e. The molecule has 0 aromatic heterocycles. The molecule has 0 saturated carbocycles. The molecule has 2 aromatic rings. The van der Waals surface area contributed by atoms with Crippen LogP contribution in [-0.4, -0.2) is 11.4 Å². The summed E-state index contributed by atoms with van der Waals surface area (Å²) in [6, 6.07) is 12.8. The van der Waals surface area contributed by atoms with Crippen LogP contribution in [0.2, 0.25) is 0 Å². The van der Waals surface area contributed by atoms with E-state index in [1.165, 1.54) is 23.3 Å². The van der Waals surface area contributed by atoms with Gasteiger partial charge in [-0.25, -0.2) is 0 Å². The summed E-state index contributed by atoms with van der Waals surface area (Å²) in [7, 11) is 0. The van der Waals surface area contributed by atoms with E-state index in [4.69, 9.17) is 4.74 Å². The molecule has 0 atom stereocenters. The van der Waals surface area contributed by atoms with E-state index in [2.05, 4.69) is 24.3 Å². The Balaban J connectivity index is 1.64. The lowest BCUT2D eigenvalue weighted by molar-refractivity contribution is 0.112. The highest BCUT2D eigenvalue weighted by Crippen LogP contribution is 2.24. The van der Waals surface area contributed by atoms with Crippen molar-refractivity contribution in [2.45, 2.75) is 6.61 Å². The van der Waals surface area contributed by atoms with Gasteiger partial charge in [0.1, 0.15) is 18.1 Å². The Labute approximate surface area is 122 Å². The highest BCUT2D eigenvalue weighted by molar-refractivity contribution is 5.81. The molecule has 0 spiro atoms.